The molecule has 0 spiro atoms. The Morgan fingerprint density at radius 2 is 1.83 bits per heavy atom. The number of rotatable bonds is 7. The second-order valence-electron chi connectivity index (χ2n) is 6.89. The molecule has 1 aliphatic heterocycles. The molecule has 1 fully saturated rings. The van der Waals surface area contributed by atoms with Crippen LogP contribution in [0.25, 0.3) is 0 Å². The highest BCUT2D eigenvalue weighted by molar-refractivity contribution is 7.91. The summed E-state index contributed by atoms with van der Waals surface area (Å²) in [7, 11) is -3.01. The van der Waals surface area contributed by atoms with Crippen molar-refractivity contribution in [3.05, 3.63) is 35.4 Å². The van der Waals surface area contributed by atoms with Gasteiger partial charge < -0.3 is 5.32 Å². The van der Waals surface area contributed by atoms with Gasteiger partial charge in [0.2, 0.25) is 5.91 Å². The van der Waals surface area contributed by atoms with Crippen molar-refractivity contribution in [3.63, 3.8) is 0 Å². The van der Waals surface area contributed by atoms with E-state index >= 15 is 0 Å². The van der Waals surface area contributed by atoms with Crippen molar-refractivity contribution in [2.24, 2.45) is 5.92 Å². The predicted molar refractivity (Wildman–Crippen MR) is 93.8 cm³/mol. The van der Waals surface area contributed by atoms with E-state index in [-0.39, 0.29) is 42.1 Å². The van der Waals surface area contributed by atoms with Crippen LogP contribution in [-0.4, -0.2) is 37.7 Å². The van der Waals surface area contributed by atoms with Gasteiger partial charge in [0, 0.05) is 24.4 Å². The molecule has 5 nitrogen and oxygen atoms in total. The molecule has 1 atom stereocenters. The summed E-state index contributed by atoms with van der Waals surface area (Å²) in [6.45, 7) is 4.29. The minimum absolute atomic E-state index is 0.00397. The number of hydrogen-bond acceptors (Lipinski definition) is 4. The van der Waals surface area contributed by atoms with E-state index in [4.69, 9.17) is 0 Å². The topological polar surface area (TPSA) is 80.3 Å². The van der Waals surface area contributed by atoms with Crippen LogP contribution in [0.2, 0.25) is 0 Å². The molecule has 1 aromatic rings. The summed E-state index contributed by atoms with van der Waals surface area (Å²) in [6, 6.07) is 7.21. The van der Waals surface area contributed by atoms with Gasteiger partial charge in [-0.25, -0.2) is 8.42 Å². The normalized spacial score (nSPS) is 19.4. The summed E-state index contributed by atoms with van der Waals surface area (Å²) >= 11 is 0. The van der Waals surface area contributed by atoms with E-state index in [1.807, 2.05) is 24.3 Å². The fraction of sp³-hybridized carbons (Fsp3) is 0.556. The van der Waals surface area contributed by atoms with E-state index in [0.717, 1.165) is 6.42 Å². The van der Waals surface area contributed by atoms with E-state index in [1.54, 1.807) is 0 Å². The largest absolute Gasteiger partial charge is 0.352 e. The molecule has 132 valence electrons. The first kappa shape index (κ1) is 18.6. The molecular weight excluding hydrogens is 326 g/mol. The van der Waals surface area contributed by atoms with Gasteiger partial charge in [-0.1, -0.05) is 38.1 Å². The molecule has 1 amide bonds. The van der Waals surface area contributed by atoms with Crippen molar-refractivity contribution < 1.29 is 18.0 Å². The molecule has 1 saturated heterocycles. The maximum absolute atomic E-state index is 12.1. The zero-order valence-electron chi connectivity index (χ0n) is 14.2. The molecule has 1 aliphatic rings. The second kappa shape index (κ2) is 7.92. The second-order valence-corrected chi connectivity index (χ2v) is 9.11. The molecule has 0 bridgehead atoms. The Kier molecular flexibility index (Phi) is 6.15. The average molecular weight is 351 g/mol. The van der Waals surface area contributed by atoms with Crippen LogP contribution >= 0.6 is 0 Å². The first-order valence-electron chi connectivity index (χ1n) is 8.37. The highest BCUT2D eigenvalue weighted by atomic mass is 32.2. The van der Waals surface area contributed by atoms with Gasteiger partial charge in [-0.2, -0.15) is 0 Å². The van der Waals surface area contributed by atoms with Gasteiger partial charge in [-0.3, -0.25) is 9.59 Å². The van der Waals surface area contributed by atoms with Crippen molar-refractivity contribution in [1.29, 1.82) is 0 Å². The summed E-state index contributed by atoms with van der Waals surface area (Å²) in [6.07, 6.45) is 1.65. The highest BCUT2D eigenvalue weighted by Crippen LogP contribution is 2.13. The number of carbonyl (C=O) groups excluding carboxylic acids is 2. The van der Waals surface area contributed by atoms with Crippen LogP contribution in [0.5, 0.6) is 0 Å². The van der Waals surface area contributed by atoms with Gasteiger partial charge in [-0.15, -0.1) is 0 Å². The molecular formula is C18H25NO4S. The summed E-state index contributed by atoms with van der Waals surface area (Å²) in [5, 5.41) is 2.70. The van der Waals surface area contributed by atoms with Crippen molar-refractivity contribution in [2.75, 3.05) is 11.5 Å². The van der Waals surface area contributed by atoms with E-state index in [0.29, 0.717) is 17.9 Å². The third-order valence-electron chi connectivity index (χ3n) is 4.10. The fourth-order valence-corrected chi connectivity index (χ4v) is 4.55. The van der Waals surface area contributed by atoms with Gasteiger partial charge in [-0.05, 0) is 24.3 Å². The Bertz CT molecular complexity index is 692. The predicted octanol–water partition coefficient (Wildman–Crippen LogP) is 2.15. The lowest BCUT2D eigenvalue weighted by Gasteiger charge is -2.10. The molecule has 24 heavy (non-hydrogen) atoms. The molecule has 6 heteroatoms. The fourth-order valence-electron chi connectivity index (χ4n) is 2.88. The minimum Gasteiger partial charge on any atom is -0.352 e. The molecule has 1 aromatic carbocycles. The zero-order chi connectivity index (χ0) is 17.7. The Hall–Kier alpha value is -1.69. The number of sulfone groups is 1. The zero-order valence-corrected chi connectivity index (χ0v) is 15.1. The van der Waals surface area contributed by atoms with Crippen molar-refractivity contribution in [2.45, 2.75) is 45.6 Å². The molecule has 1 heterocycles. The Balaban J connectivity index is 1.79. The first-order chi connectivity index (χ1) is 11.2. The van der Waals surface area contributed by atoms with E-state index in [2.05, 4.69) is 19.2 Å². The van der Waals surface area contributed by atoms with Gasteiger partial charge >= 0.3 is 0 Å². The standard InChI is InChI=1S/C18H25NO4S/c1-13(2)11-14-3-5-15(6-4-14)17(20)7-8-18(21)19-16-9-10-24(22,23)12-16/h3-6,13,16H,7-12H2,1-2H3,(H,19,21). The van der Waals surface area contributed by atoms with E-state index in [9.17, 15) is 18.0 Å². The minimum atomic E-state index is -3.01. The molecule has 0 radical (unpaired) electrons. The summed E-state index contributed by atoms with van der Waals surface area (Å²) in [5.74, 6) is 0.362. The third kappa shape index (κ3) is 5.74. The van der Waals surface area contributed by atoms with Gasteiger partial charge in [0.05, 0.1) is 11.5 Å². The van der Waals surface area contributed by atoms with Crippen molar-refractivity contribution in [1.82, 2.24) is 5.32 Å². The maximum Gasteiger partial charge on any atom is 0.220 e. The number of nitrogens with one attached hydrogen (secondary N) is 1. The lowest BCUT2D eigenvalue weighted by atomic mass is 9.99. The van der Waals surface area contributed by atoms with Crippen molar-refractivity contribution >= 4 is 21.5 Å². The van der Waals surface area contributed by atoms with Crippen LogP contribution in [-0.2, 0) is 21.1 Å². The lowest BCUT2D eigenvalue weighted by Crippen LogP contribution is -2.35. The van der Waals surface area contributed by atoms with Crippen LogP contribution in [0.15, 0.2) is 24.3 Å². The number of benzene rings is 1. The molecule has 0 aromatic heterocycles. The molecule has 0 aliphatic carbocycles. The number of hydrogen-bond donors (Lipinski definition) is 1. The number of amides is 1. The molecule has 1 N–H and O–H groups in total. The Morgan fingerprint density at radius 1 is 1.17 bits per heavy atom. The molecule has 0 saturated carbocycles. The maximum atomic E-state index is 12.1. The molecule has 2 rings (SSSR count). The van der Waals surface area contributed by atoms with Gasteiger partial charge in [0.25, 0.3) is 0 Å². The van der Waals surface area contributed by atoms with Gasteiger partial charge in [0.15, 0.2) is 15.6 Å². The van der Waals surface area contributed by atoms with E-state index < -0.39 is 9.84 Å². The summed E-state index contributed by atoms with van der Waals surface area (Å²) in [4.78, 5) is 24.0. The number of ketones is 1. The molecule has 1 unspecified atom stereocenters. The van der Waals surface area contributed by atoms with E-state index in [1.165, 1.54) is 5.56 Å². The van der Waals surface area contributed by atoms with Crippen LogP contribution in [0, 0.1) is 5.92 Å². The van der Waals surface area contributed by atoms with Crippen LogP contribution in [0.3, 0.4) is 0 Å². The quantitative estimate of drug-likeness (QED) is 0.763. The highest BCUT2D eigenvalue weighted by Gasteiger charge is 2.28. The third-order valence-corrected chi connectivity index (χ3v) is 5.86. The smallest absolute Gasteiger partial charge is 0.220 e. The monoisotopic (exact) mass is 351 g/mol. The average Bonchev–Trinajstić information content (AvgIpc) is 2.83. The van der Waals surface area contributed by atoms with Crippen LogP contribution in [0.4, 0.5) is 0 Å². The lowest BCUT2D eigenvalue weighted by molar-refractivity contribution is -0.121. The van der Waals surface area contributed by atoms with Gasteiger partial charge in [0.1, 0.15) is 0 Å². The summed E-state index contributed by atoms with van der Waals surface area (Å²) in [5.41, 5.74) is 1.81. The number of Topliss-reactive ketones (excluding diaryl/α,β-unsaturated/α-hetero) is 1. The number of carbonyl (C=O) groups is 2. The Morgan fingerprint density at radius 3 is 2.38 bits per heavy atom. The first-order valence-corrected chi connectivity index (χ1v) is 10.2. The SMILES string of the molecule is CC(C)Cc1ccc(C(=O)CCC(=O)NC2CCS(=O)(=O)C2)cc1. The van der Waals surface area contributed by atoms with Crippen molar-refractivity contribution in [3.8, 4) is 0 Å². The summed E-state index contributed by atoms with van der Waals surface area (Å²) < 4.78 is 22.7. The van der Waals surface area contributed by atoms with Crippen LogP contribution in [0.1, 0.15) is 49.0 Å². The Labute approximate surface area is 143 Å². The van der Waals surface area contributed by atoms with Crippen LogP contribution < -0.4 is 5.32 Å².